The summed E-state index contributed by atoms with van der Waals surface area (Å²) in [5.74, 6) is -4.88. The number of ether oxygens (including phenoxy) is 7. The lowest BCUT2D eigenvalue weighted by atomic mass is 9.81. The van der Waals surface area contributed by atoms with Crippen LogP contribution in [0.1, 0.15) is 64.1 Å². The standard InChI is InChI=1S/C49H65F2N7O18/c1-5-9-31(46(68)69)72-45-36(52-23(4)61)47(74-34(19-60)40(45)64)73-32-14-24(13-30(57-16-28(53-55-57)25-10-7-6-8-11-25)44(32)76-49-43(67)42(66)38(62)22(3)71-49)20-70-48-41(65)37(39(63)33(18-59)75-48)58-17-29(54-56-58)26-12-21(2)35(51)27(50)15-26/h6-8,10-12,15-17,22,24,30-34,36-45,47-49,59-60,62-67H,5,9,13-14,18-20H2,1-4H3,(H,52,61)(H,68,69)/t22?,24?,30?,31-,32+,33?,34-,36?,37?,38+,39+,40-,41?,42-,43?,44+,45?,47+,48-,49-/m0/s1. The Balaban J connectivity index is 1.15. The van der Waals surface area contributed by atoms with Crippen LogP contribution < -0.4 is 5.32 Å². The molecule has 418 valence electrons. The van der Waals surface area contributed by atoms with Gasteiger partial charge in [-0.1, -0.05) is 54.1 Å². The molecule has 20 atom stereocenters. The highest BCUT2D eigenvalue weighted by Crippen LogP contribution is 2.42. The van der Waals surface area contributed by atoms with Gasteiger partial charge in [0.15, 0.2) is 36.6 Å². The lowest BCUT2D eigenvalue weighted by Crippen LogP contribution is -2.67. The van der Waals surface area contributed by atoms with Crippen molar-refractivity contribution in [3.8, 4) is 22.5 Å². The molecule has 4 aromatic rings. The number of aliphatic hydroxyl groups excluding tert-OH is 8. The van der Waals surface area contributed by atoms with Crippen molar-refractivity contribution in [2.24, 2.45) is 5.92 Å². The Hall–Kier alpha value is -5.08. The lowest BCUT2D eigenvalue weighted by Gasteiger charge is -2.49. The van der Waals surface area contributed by atoms with Crippen molar-refractivity contribution in [2.45, 2.75) is 170 Å². The van der Waals surface area contributed by atoms with E-state index in [1.165, 1.54) is 30.8 Å². The number of benzene rings is 2. The van der Waals surface area contributed by atoms with E-state index in [2.05, 4.69) is 25.9 Å². The number of carbonyl (C=O) groups excluding carboxylic acids is 1. The molecule has 25 nitrogen and oxygen atoms in total. The van der Waals surface area contributed by atoms with Crippen LogP contribution in [0.3, 0.4) is 0 Å². The molecule has 1 amide bonds. The maximum atomic E-state index is 14.4. The van der Waals surface area contributed by atoms with Gasteiger partial charge in [-0.25, -0.2) is 22.9 Å². The third kappa shape index (κ3) is 12.3. The fourth-order valence-electron chi connectivity index (χ4n) is 10.2. The van der Waals surface area contributed by atoms with E-state index in [9.17, 15) is 64.3 Å². The van der Waals surface area contributed by atoms with Crippen molar-refractivity contribution in [1.29, 1.82) is 0 Å². The van der Waals surface area contributed by atoms with Gasteiger partial charge in [-0.15, -0.1) is 10.2 Å². The van der Waals surface area contributed by atoms with Crippen molar-refractivity contribution in [2.75, 3.05) is 19.8 Å². The minimum absolute atomic E-state index is 0.00392. The topological polar surface area (TPSA) is 354 Å². The molecule has 8 rings (SSSR count). The molecule has 9 unspecified atom stereocenters. The summed E-state index contributed by atoms with van der Waals surface area (Å²) in [6, 6.07) is 7.47. The number of carboxylic acids is 1. The molecule has 2 aromatic carbocycles. The van der Waals surface area contributed by atoms with Crippen molar-refractivity contribution in [3.05, 3.63) is 72.1 Å². The van der Waals surface area contributed by atoms with Crippen molar-refractivity contribution >= 4 is 11.9 Å². The van der Waals surface area contributed by atoms with E-state index in [0.717, 1.165) is 17.7 Å². The average molecular weight is 1080 g/mol. The summed E-state index contributed by atoms with van der Waals surface area (Å²) in [5, 5.41) is 118. The predicted octanol–water partition coefficient (Wildman–Crippen LogP) is -0.743. The number of hydrogen-bond donors (Lipinski definition) is 10. The van der Waals surface area contributed by atoms with Crippen LogP contribution in [0.4, 0.5) is 8.78 Å². The summed E-state index contributed by atoms with van der Waals surface area (Å²) in [5.41, 5.74) is 1.32. The number of carboxylic acid groups (broad SMARTS) is 1. The highest BCUT2D eigenvalue weighted by Gasteiger charge is 2.54. The summed E-state index contributed by atoms with van der Waals surface area (Å²) < 4.78 is 74.9. The van der Waals surface area contributed by atoms with Gasteiger partial charge < -0.3 is 84.4 Å². The Kier molecular flexibility index (Phi) is 18.6. The average Bonchev–Trinajstić information content (AvgIpc) is 4.11. The first-order valence-corrected chi connectivity index (χ1v) is 25.0. The largest absolute Gasteiger partial charge is 0.479 e. The van der Waals surface area contributed by atoms with Crippen LogP contribution in [0.15, 0.2) is 54.9 Å². The van der Waals surface area contributed by atoms with E-state index < -0.39 is 159 Å². The quantitative estimate of drug-likeness (QED) is 0.0553. The molecule has 4 aliphatic rings. The third-order valence-electron chi connectivity index (χ3n) is 14.3. The molecule has 5 heterocycles. The zero-order valence-corrected chi connectivity index (χ0v) is 41.8. The summed E-state index contributed by atoms with van der Waals surface area (Å²) in [6.07, 6.45) is -21.2. The Labute approximate surface area is 433 Å². The normalized spacial score (nSPS) is 35.4. The molecule has 27 heteroatoms. The molecule has 4 fully saturated rings. The fraction of sp³-hybridized carbons (Fsp3) is 0.633. The van der Waals surface area contributed by atoms with E-state index in [-0.39, 0.29) is 42.7 Å². The number of aliphatic hydroxyl groups is 8. The van der Waals surface area contributed by atoms with Crippen LogP contribution in [0, 0.1) is 24.5 Å². The van der Waals surface area contributed by atoms with Gasteiger partial charge in [0.1, 0.15) is 84.5 Å². The number of amides is 1. The number of hydrogen-bond acceptors (Lipinski definition) is 21. The third-order valence-corrected chi connectivity index (χ3v) is 14.3. The van der Waals surface area contributed by atoms with Gasteiger partial charge in [0.05, 0.1) is 50.5 Å². The second kappa shape index (κ2) is 24.7. The van der Waals surface area contributed by atoms with E-state index in [4.69, 9.17) is 33.2 Å². The number of halogens is 2. The number of rotatable bonds is 19. The molecule has 1 aliphatic carbocycles. The molecule has 1 saturated carbocycles. The minimum Gasteiger partial charge on any atom is -0.479 e. The van der Waals surface area contributed by atoms with Gasteiger partial charge in [0.25, 0.3) is 0 Å². The molecule has 10 N–H and O–H groups in total. The van der Waals surface area contributed by atoms with Gasteiger partial charge in [-0.05, 0) is 56.7 Å². The number of nitrogens with one attached hydrogen (secondary N) is 1. The van der Waals surface area contributed by atoms with Crippen LogP contribution in [-0.4, -0.2) is 212 Å². The molecule has 2 aromatic heterocycles. The molecule has 76 heavy (non-hydrogen) atoms. The summed E-state index contributed by atoms with van der Waals surface area (Å²) >= 11 is 0. The molecule has 3 saturated heterocycles. The number of aryl methyl sites for hydroxylation is 1. The molecule has 0 radical (unpaired) electrons. The highest BCUT2D eigenvalue weighted by molar-refractivity contribution is 5.73. The van der Waals surface area contributed by atoms with Crippen LogP contribution in [-0.2, 0) is 42.7 Å². The second-order valence-electron chi connectivity index (χ2n) is 19.7. The maximum absolute atomic E-state index is 14.4. The van der Waals surface area contributed by atoms with Crippen LogP contribution >= 0.6 is 0 Å². The molecular weight excluding hydrogens is 1010 g/mol. The van der Waals surface area contributed by atoms with Gasteiger partial charge in [0, 0.05) is 18.1 Å². The Morgan fingerprint density at radius 2 is 1.45 bits per heavy atom. The number of carbonyl (C=O) groups is 2. The van der Waals surface area contributed by atoms with Crippen LogP contribution in [0.25, 0.3) is 22.5 Å². The first-order valence-electron chi connectivity index (χ1n) is 25.0. The minimum atomic E-state index is -1.82. The Bertz CT molecular complexity index is 2550. The van der Waals surface area contributed by atoms with Gasteiger partial charge >= 0.3 is 5.97 Å². The number of aromatic nitrogens is 6. The summed E-state index contributed by atoms with van der Waals surface area (Å²) in [4.78, 5) is 25.3. The maximum Gasteiger partial charge on any atom is 0.332 e. The van der Waals surface area contributed by atoms with E-state index in [1.807, 2.05) is 6.07 Å². The Morgan fingerprint density at radius 3 is 2.11 bits per heavy atom. The molecular formula is C49H65F2N7O18. The Morgan fingerprint density at radius 1 is 0.789 bits per heavy atom. The highest BCUT2D eigenvalue weighted by atomic mass is 19.2. The summed E-state index contributed by atoms with van der Waals surface area (Å²) in [6.45, 7) is 3.86. The van der Waals surface area contributed by atoms with Crippen LogP contribution in [0.5, 0.6) is 0 Å². The molecule has 0 spiro atoms. The van der Waals surface area contributed by atoms with E-state index >= 15 is 0 Å². The number of aliphatic carboxylic acids is 1. The second-order valence-corrected chi connectivity index (χ2v) is 19.7. The van der Waals surface area contributed by atoms with Gasteiger partial charge in [-0.2, -0.15) is 0 Å². The lowest BCUT2D eigenvalue weighted by molar-refractivity contribution is -0.339. The van der Waals surface area contributed by atoms with E-state index in [0.29, 0.717) is 17.7 Å². The first kappa shape index (κ1) is 57.1. The fourth-order valence-corrected chi connectivity index (χ4v) is 10.2. The predicted molar refractivity (Wildman–Crippen MR) is 253 cm³/mol. The SMILES string of the molecule is CCC[C@H](OC1C(NC(C)=O)[C@H](O[C@@H]2CC(CO[C@H]3OC(CO)[C@@H](O)C(n4cc(-c5cc(C)c(F)c(F)c5)nn4)C3O)CC(n3cc(-c4ccccc4)nn3)[C@H]2O[C@@H]2OC(C)[C@@H](O)[C@H](O)C2O)O[C@@H](CO)[C@@H]1O)C(=O)O. The summed E-state index contributed by atoms with van der Waals surface area (Å²) in [7, 11) is 0. The van der Waals surface area contributed by atoms with Gasteiger partial charge in [-0.3, -0.25) is 4.79 Å². The molecule has 0 bridgehead atoms. The first-order chi connectivity index (χ1) is 36.3. The van der Waals surface area contributed by atoms with Crippen molar-refractivity contribution < 1.29 is 97.5 Å². The zero-order chi connectivity index (χ0) is 54.7. The van der Waals surface area contributed by atoms with Crippen molar-refractivity contribution in [1.82, 2.24) is 35.3 Å². The number of nitrogens with zero attached hydrogens (tertiary/aromatic N) is 6. The molecule has 3 aliphatic heterocycles. The smallest absolute Gasteiger partial charge is 0.332 e. The monoisotopic (exact) mass is 1080 g/mol. The van der Waals surface area contributed by atoms with Gasteiger partial charge in [0.2, 0.25) is 5.91 Å². The van der Waals surface area contributed by atoms with E-state index in [1.54, 1.807) is 37.4 Å². The van der Waals surface area contributed by atoms with Crippen molar-refractivity contribution in [3.63, 3.8) is 0 Å². The van der Waals surface area contributed by atoms with Crippen LogP contribution in [0.2, 0.25) is 0 Å². The zero-order valence-electron chi connectivity index (χ0n) is 41.8.